The van der Waals surface area contributed by atoms with E-state index in [0.717, 1.165) is 15.2 Å². The lowest BCUT2D eigenvalue weighted by Gasteiger charge is -2.33. The summed E-state index contributed by atoms with van der Waals surface area (Å²) in [5.41, 5.74) is 1.93. The van der Waals surface area contributed by atoms with Crippen LogP contribution < -0.4 is 0 Å². The number of nitrogens with zero attached hydrogens (tertiary/aromatic N) is 4. The summed E-state index contributed by atoms with van der Waals surface area (Å²) in [6.07, 6.45) is 0. The summed E-state index contributed by atoms with van der Waals surface area (Å²) in [5, 5.41) is 12.2. The highest BCUT2D eigenvalue weighted by Gasteiger charge is 2.31. The molecular weight excluding hydrogens is 424 g/mol. The van der Waals surface area contributed by atoms with Crippen molar-refractivity contribution in [2.24, 2.45) is 0 Å². The van der Waals surface area contributed by atoms with Crippen molar-refractivity contribution < 1.29 is 13.3 Å². The summed E-state index contributed by atoms with van der Waals surface area (Å²) in [6.45, 7) is 5.92. The van der Waals surface area contributed by atoms with Gasteiger partial charge >= 0.3 is 0 Å². The number of sulfonamides is 1. The Hall–Kier alpha value is -2.40. The highest BCUT2D eigenvalue weighted by atomic mass is 32.2. The lowest BCUT2D eigenvalue weighted by molar-refractivity contribution is -0.385. The third-order valence-electron chi connectivity index (χ3n) is 5.46. The number of nitro groups is 1. The molecule has 1 aromatic heterocycles. The number of piperazine rings is 1. The Labute approximate surface area is 179 Å². The molecule has 8 nitrogen and oxygen atoms in total. The van der Waals surface area contributed by atoms with Crippen molar-refractivity contribution in [2.75, 3.05) is 26.2 Å². The molecule has 0 unspecified atom stereocenters. The van der Waals surface area contributed by atoms with Crippen LogP contribution in [0.2, 0.25) is 0 Å². The molecule has 1 saturated heterocycles. The lowest BCUT2D eigenvalue weighted by atomic mass is 10.1. The molecule has 0 spiro atoms. The summed E-state index contributed by atoms with van der Waals surface area (Å²) >= 11 is 1.65. The third kappa shape index (κ3) is 3.95. The van der Waals surface area contributed by atoms with Gasteiger partial charge in [-0.1, -0.05) is 12.1 Å². The van der Waals surface area contributed by atoms with Crippen LogP contribution in [0.5, 0.6) is 0 Å². The largest absolute Gasteiger partial charge is 0.294 e. The van der Waals surface area contributed by atoms with Crippen molar-refractivity contribution in [1.82, 2.24) is 14.2 Å². The van der Waals surface area contributed by atoms with Gasteiger partial charge in [0.1, 0.15) is 5.01 Å². The lowest BCUT2D eigenvalue weighted by Crippen LogP contribution is -2.48. The van der Waals surface area contributed by atoms with E-state index in [2.05, 4.69) is 9.88 Å². The van der Waals surface area contributed by atoms with Gasteiger partial charge in [-0.25, -0.2) is 13.4 Å². The second-order valence-corrected chi connectivity index (χ2v) is 10.4. The molecule has 0 bridgehead atoms. The first-order chi connectivity index (χ1) is 14.3. The molecule has 2 aromatic carbocycles. The number of rotatable bonds is 5. The number of aryl methyl sites for hydroxylation is 1. The molecule has 4 rings (SSSR count). The zero-order chi connectivity index (χ0) is 21.5. The molecule has 2 heterocycles. The van der Waals surface area contributed by atoms with Crippen molar-refractivity contribution in [3.63, 3.8) is 0 Å². The normalized spacial score (nSPS) is 16.2. The number of hydrogen-bond acceptors (Lipinski definition) is 7. The second-order valence-electron chi connectivity index (χ2n) is 7.40. The van der Waals surface area contributed by atoms with Crippen LogP contribution in [0.1, 0.15) is 16.1 Å². The second kappa shape index (κ2) is 8.03. The Morgan fingerprint density at radius 2 is 1.83 bits per heavy atom. The van der Waals surface area contributed by atoms with Gasteiger partial charge in [0, 0.05) is 38.3 Å². The van der Waals surface area contributed by atoms with Gasteiger partial charge in [-0.15, -0.1) is 11.3 Å². The first-order valence-electron chi connectivity index (χ1n) is 9.58. The number of thiazole rings is 1. The average Bonchev–Trinajstić information content (AvgIpc) is 3.12. The molecule has 158 valence electrons. The molecule has 1 aliphatic heterocycles. The van der Waals surface area contributed by atoms with Gasteiger partial charge in [0.15, 0.2) is 0 Å². The number of hydrogen-bond donors (Lipinski definition) is 0. The van der Waals surface area contributed by atoms with Crippen LogP contribution in [0.25, 0.3) is 10.2 Å². The van der Waals surface area contributed by atoms with E-state index in [1.54, 1.807) is 25.2 Å². The minimum atomic E-state index is -3.80. The van der Waals surface area contributed by atoms with Gasteiger partial charge in [-0.05, 0) is 37.1 Å². The summed E-state index contributed by atoms with van der Waals surface area (Å²) in [4.78, 5) is 17.5. The highest BCUT2D eigenvalue weighted by Crippen LogP contribution is 2.29. The van der Waals surface area contributed by atoms with E-state index in [9.17, 15) is 18.5 Å². The molecule has 0 N–H and O–H groups in total. The monoisotopic (exact) mass is 446 g/mol. The predicted molar refractivity (Wildman–Crippen MR) is 116 cm³/mol. The maximum atomic E-state index is 13.2. The van der Waals surface area contributed by atoms with Crippen molar-refractivity contribution in [1.29, 1.82) is 0 Å². The minimum absolute atomic E-state index is 0.0221. The zero-order valence-corrected chi connectivity index (χ0v) is 18.4. The molecule has 0 saturated carbocycles. The quantitative estimate of drug-likeness (QED) is 0.441. The van der Waals surface area contributed by atoms with E-state index < -0.39 is 14.9 Å². The van der Waals surface area contributed by atoms with Crippen molar-refractivity contribution in [2.45, 2.75) is 25.3 Å². The van der Waals surface area contributed by atoms with Gasteiger partial charge in [0.2, 0.25) is 10.0 Å². The van der Waals surface area contributed by atoms with E-state index in [-0.39, 0.29) is 10.6 Å². The summed E-state index contributed by atoms with van der Waals surface area (Å²) < 4.78 is 29.0. The fraction of sp³-hybridized carbons (Fsp3) is 0.350. The maximum Gasteiger partial charge on any atom is 0.271 e. The maximum absolute atomic E-state index is 13.2. The molecule has 0 amide bonds. The van der Waals surface area contributed by atoms with Gasteiger partial charge < -0.3 is 0 Å². The van der Waals surface area contributed by atoms with E-state index >= 15 is 0 Å². The number of fused-ring (bicyclic) bond motifs is 1. The fourth-order valence-corrected chi connectivity index (χ4v) is 6.38. The first-order valence-corrected chi connectivity index (χ1v) is 11.8. The Morgan fingerprint density at radius 1 is 1.13 bits per heavy atom. The standard InChI is InChI=1S/C20H22N4O4S2/c1-14-11-16(24(25)26)12-19(15(14)2)30(27,28)23-9-7-22(8-10-23)13-20-21-17-5-3-4-6-18(17)29-20/h3-6,11-12H,7-10,13H2,1-2H3. The van der Waals surface area contributed by atoms with Gasteiger partial charge in [-0.2, -0.15) is 4.31 Å². The predicted octanol–water partition coefficient (Wildman–Crippen LogP) is 3.33. The molecule has 1 fully saturated rings. The Kier molecular flexibility index (Phi) is 5.58. The summed E-state index contributed by atoms with van der Waals surface area (Å²) in [5.74, 6) is 0. The van der Waals surface area contributed by atoms with Crippen LogP contribution in [0, 0.1) is 24.0 Å². The van der Waals surface area contributed by atoms with Crippen molar-refractivity contribution >= 4 is 37.3 Å². The van der Waals surface area contributed by atoms with Crippen LogP contribution in [0.3, 0.4) is 0 Å². The molecule has 10 heteroatoms. The van der Waals surface area contributed by atoms with Crippen molar-refractivity contribution in [3.05, 3.63) is 62.6 Å². The topological polar surface area (TPSA) is 96.6 Å². The molecular formula is C20H22N4O4S2. The van der Waals surface area contributed by atoms with Crippen LogP contribution >= 0.6 is 11.3 Å². The van der Waals surface area contributed by atoms with Crippen LogP contribution in [-0.4, -0.2) is 53.7 Å². The van der Waals surface area contributed by atoms with Gasteiger partial charge in [-0.3, -0.25) is 15.0 Å². The number of non-ortho nitro benzene ring substituents is 1. The zero-order valence-electron chi connectivity index (χ0n) is 16.7. The summed E-state index contributed by atoms with van der Waals surface area (Å²) in [7, 11) is -3.80. The van der Waals surface area contributed by atoms with Crippen LogP contribution in [-0.2, 0) is 16.6 Å². The number of nitro benzene ring substituents is 1. The summed E-state index contributed by atoms with van der Waals surface area (Å²) in [6, 6.07) is 10.6. The van der Waals surface area contributed by atoms with E-state index in [4.69, 9.17) is 0 Å². The molecule has 30 heavy (non-hydrogen) atoms. The fourth-order valence-electron chi connectivity index (χ4n) is 3.63. The minimum Gasteiger partial charge on any atom is -0.294 e. The SMILES string of the molecule is Cc1cc([N+](=O)[O-])cc(S(=O)(=O)N2CCN(Cc3nc4ccccc4s3)CC2)c1C. The molecule has 0 radical (unpaired) electrons. The smallest absolute Gasteiger partial charge is 0.271 e. The van der Waals surface area contributed by atoms with Gasteiger partial charge in [0.05, 0.1) is 26.6 Å². The van der Waals surface area contributed by atoms with E-state index in [1.807, 2.05) is 24.3 Å². The van der Waals surface area contributed by atoms with Crippen LogP contribution in [0.4, 0.5) is 5.69 Å². The van der Waals surface area contributed by atoms with Crippen LogP contribution in [0.15, 0.2) is 41.3 Å². The molecule has 0 atom stereocenters. The Morgan fingerprint density at radius 3 is 2.50 bits per heavy atom. The van der Waals surface area contributed by atoms with Gasteiger partial charge in [0.25, 0.3) is 5.69 Å². The third-order valence-corrected chi connectivity index (χ3v) is 8.51. The number of benzene rings is 2. The molecule has 3 aromatic rings. The number of para-hydroxylation sites is 1. The first kappa shape index (κ1) is 20.9. The molecule has 0 aliphatic carbocycles. The number of aromatic nitrogens is 1. The Balaban J connectivity index is 1.48. The van der Waals surface area contributed by atoms with Crippen molar-refractivity contribution in [3.8, 4) is 0 Å². The average molecular weight is 447 g/mol. The highest BCUT2D eigenvalue weighted by molar-refractivity contribution is 7.89. The molecule has 1 aliphatic rings. The van der Waals surface area contributed by atoms with E-state index in [0.29, 0.717) is 43.9 Å². The Bertz CT molecular complexity index is 1180. The van der Waals surface area contributed by atoms with E-state index in [1.165, 1.54) is 16.4 Å².